The fourth-order valence-electron chi connectivity index (χ4n) is 3.91. The topological polar surface area (TPSA) is 53.5 Å². The van der Waals surface area contributed by atoms with Crippen LogP contribution in [-0.4, -0.2) is 54.3 Å². The number of rotatable bonds is 5. The van der Waals surface area contributed by atoms with Crippen molar-refractivity contribution in [3.8, 4) is 5.75 Å². The first-order valence-electron chi connectivity index (χ1n) is 9.77. The summed E-state index contributed by atoms with van der Waals surface area (Å²) in [4.78, 5) is 19.2. The normalized spacial score (nSPS) is 15.7. The van der Waals surface area contributed by atoms with Gasteiger partial charge in [0.15, 0.2) is 0 Å². The van der Waals surface area contributed by atoms with Crippen molar-refractivity contribution in [1.82, 2.24) is 14.5 Å². The molecular weight excluding hydrogens is 397 g/mol. The molecule has 0 spiro atoms. The van der Waals surface area contributed by atoms with Crippen LogP contribution in [0, 0.1) is 0 Å². The molecule has 1 saturated heterocycles. The van der Waals surface area contributed by atoms with E-state index < -0.39 is 11.7 Å². The van der Waals surface area contributed by atoms with Crippen LogP contribution in [0.15, 0.2) is 47.3 Å². The number of hydrogen-bond donors (Lipinski definition) is 1. The van der Waals surface area contributed by atoms with Gasteiger partial charge >= 0.3 is 11.9 Å². The lowest BCUT2D eigenvalue weighted by Crippen LogP contribution is -2.47. The molecule has 1 aliphatic heterocycles. The number of imidazole rings is 1. The number of alkyl halides is 3. The van der Waals surface area contributed by atoms with Crippen LogP contribution in [0.3, 0.4) is 0 Å². The molecule has 0 amide bonds. The number of benzene rings is 2. The number of para-hydroxylation sites is 2. The molecular formula is C21H23F3N4O2. The Morgan fingerprint density at radius 2 is 1.77 bits per heavy atom. The van der Waals surface area contributed by atoms with Crippen LogP contribution in [0.25, 0.3) is 11.0 Å². The van der Waals surface area contributed by atoms with Crippen LogP contribution < -0.4 is 15.3 Å². The molecule has 160 valence electrons. The number of ether oxygens (including phenoxy) is 1. The summed E-state index contributed by atoms with van der Waals surface area (Å²) in [5.74, 6) is -0.172. The molecule has 2 heterocycles. The van der Waals surface area contributed by atoms with Crippen LogP contribution in [0.5, 0.6) is 5.75 Å². The van der Waals surface area contributed by atoms with Gasteiger partial charge in [-0.2, -0.15) is 13.2 Å². The molecule has 0 bridgehead atoms. The van der Waals surface area contributed by atoms with Crippen molar-refractivity contribution in [3.05, 3.63) is 58.5 Å². The van der Waals surface area contributed by atoms with Crippen molar-refractivity contribution >= 4 is 16.7 Å². The number of aromatic amines is 1. The Kier molecular flexibility index (Phi) is 5.46. The number of nitrogens with zero attached hydrogens (tertiary/aromatic N) is 3. The van der Waals surface area contributed by atoms with Crippen LogP contribution in [0.2, 0.25) is 0 Å². The van der Waals surface area contributed by atoms with Gasteiger partial charge in [-0.25, -0.2) is 4.79 Å². The number of H-pyrrole nitrogens is 1. The Labute approximate surface area is 171 Å². The molecule has 6 nitrogen and oxygen atoms in total. The first-order valence-corrected chi connectivity index (χ1v) is 9.77. The lowest BCUT2D eigenvalue weighted by molar-refractivity contribution is -0.138. The van der Waals surface area contributed by atoms with E-state index in [9.17, 15) is 18.0 Å². The second-order valence-electron chi connectivity index (χ2n) is 7.31. The number of hydrogen-bond acceptors (Lipinski definition) is 4. The molecule has 0 unspecified atom stereocenters. The molecule has 1 fully saturated rings. The zero-order chi connectivity index (χ0) is 21.3. The van der Waals surface area contributed by atoms with Gasteiger partial charge in [0, 0.05) is 45.0 Å². The summed E-state index contributed by atoms with van der Waals surface area (Å²) >= 11 is 0. The quantitative estimate of drug-likeness (QED) is 0.689. The zero-order valence-corrected chi connectivity index (χ0v) is 16.6. The van der Waals surface area contributed by atoms with Crippen molar-refractivity contribution in [2.45, 2.75) is 12.7 Å². The van der Waals surface area contributed by atoms with E-state index in [1.54, 1.807) is 10.6 Å². The predicted octanol–water partition coefficient (Wildman–Crippen LogP) is 3.18. The van der Waals surface area contributed by atoms with Gasteiger partial charge in [0.1, 0.15) is 5.75 Å². The average Bonchev–Trinajstić information content (AvgIpc) is 3.06. The summed E-state index contributed by atoms with van der Waals surface area (Å²) in [6, 6.07) is 11.7. The van der Waals surface area contributed by atoms with Crippen LogP contribution >= 0.6 is 0 Å². The highest BCUT2D eigenvalue weighted by molar-refractivity contribution is 5.74. The largest absolute Gasteiger partial charge is 0.496 e. The van der Waals surface area contributed by atoms with E-state index in [0.717, 1.165) is 17.1 Å². The molecule has 2 aromatic carbocycles. The fraction of sp³-hybridized carbons (Fsp3) is 0.381. The summed E-state index contributed by atoms with van der Waals surface area (Å²) in [7, 11) is 1.24. The van der Waals surface area contributed by atoms with Crippen molar-refractivity contribution < 1.29 is 17.9 Å². The maximum Gasteiger partial charge on any atom is 0.420 e. The molecule has 1 aliphatic rings. The minimum atomic E-state index is -4.46. The van der Waals surface area contributed by atoms with Gasteiger partial charge in [0.2, 0.25) is 0 Å². The smallest absolute Gasteiger partial charge is 0.420 e. The highest BCUT2D eigenvalue weighted by atomic mass is 19.4. The Balaban J connectivity index is 1.39. The minimum Gasteiger partial charge on any atom is -0.496 e. The highest BCUT2D eigenvalue weighted by Gasteiger charge is 2.35. The number of fused-ring (bicyclic) bond motifs is 1. The second kappa shape index (κ2) is 8.06. The monoisotopic (exact) mass is 420 g/mol. The van der Waals surface area contributed by atoms with Crippen molar-refractivity contribution in [2.24, 2.45) is 0 Å². The number of piperazine rings is 1. The minimum absolute atomic E-state index is 0.132. The van der Waals surface area contributed by atoms with Gasteiger partial charge in [0.25, 0.3) is 0 Å². The van der Waals surface area contributed by atoms with E-state index in [-0.39, 0.29) is 11.4 Å². The van der Waals surface area contributed by atoms with E-state index in [0.29, 0.717) is 45.0 Å². The van der Waals surface area contributed by atoms with Crippen molar-refractivity contribution in [1.29, 1.82) is 0 Å². The van der Waals surface area contributed by atoms with E-state index >= 15 is 0 Å². The van der Waals surface area contributed by atoms with Crippen LogP contribution in [0.1, 0.15) is 5.56 Å². The highest BCUT2D eigenvalue weighted by Crippen LogP contribution is 2.38. The molecule has 0 atom stereocenters. The SMILES string of the molecule is COc1ccc(N2CCN(CCn3c(=O)[nH]c4ccccc43)CC2)cc1C(F)(F)F. The first-order chi connectivity index (χ1) is 14.4. The summed E-state index contributed by atoms with van der Waals surface area (Å²) in [6.45, 7) is 3.92. The van der Waals surface area contributed by atoms with Crippen molar-refractivity contribution in [2.75, 3.05) is 44.7 Å². The van der Waals surface area contributed by atoms with Gasteiger partial charge in [-0.15, -0.1) is 0 Å². The molecule has 0 saturated carbocycles. The molecule has 3 aromatic rings. The third-order valence-electron chi connectivity index (χ3n) is 5.55. The maximum atomic E-state index is 13.3. The molecule has 1 aromatic heterocycles. The average molecular weight is 420 g/mol. The van der Waals surface area contributed by atoms with E-state index in [1.165, 1.54) is 13.2 Å². The summed E-state index contributed by atoms with van der Waals surface area (Å²) < 4.78 is 46.4. The first kappa shape index (κ1) is 20.3. The number of methoxy groups -OCH3 is 1. The Hall–Kier alpha value is -2.94. The number of nitrogens with one attached hydrogen (secondary N) is 1. The second-order valence-corrected chi connectivity index (χ2v) is 7.31. The third-order valence-corrected chi connectivity index (χ3v) is 5.55. The Morgan fingerprint density at radius 3 is 2.47 bits per heavy atom. The molecule has 0 radical (unpaired) electrons. The predicted molar refractivity (Wildman–Crippen MR) is 109 cm³/mol. The zero-order valence-electron chi connectivity index (χ0n) is 16.6. The number of aromatic nitrogens is 2. The molecule has 1 N–H and O–H groups in total. The van der Waals surface area contributed by atoms with Crippen LogP contribution in [-0.2, 0) is 12.7 Å². The molecule has 9 heteroatoms. The maximum absolute atomic E-state index is 13.3. The Bertz CT molecular complexity index is 1080. The third kappa shape index (κ3) is 4.02. The standard InChI is InChI=1S/C21H23F3N4O2/c1-30-19-7-6-15(14-16(19)21(22,23)24)27-11-8-26(9-12-27)10-13-28-18-5-3-2-4-17(18)25-20(28)29/h2-7,14H,8-13H2,1H3,(H,25,29). The van der Waals surface area contributed by atoms with Gasteiger partial charge < -0.3 is 14.6 Å². The molecule has 30 heavy (non-hydrogen) atoms. The summed E-state index contributed by atoms with van der Waals surface area (Å²) in [5, 5.41) is 0. The lowest BCUT2D eigenvalue weighted by atomic mass is 10.1. The van der Waals surface area contributed by atoms with Crippen molar-refractivity contribution in [3.63, 3.8) is 0 Å². The van der Waals surface area contributed by atoms with E-state index in [2.05, 4.69) is 9.88 Å². The van der Waals surface area contributed by atoms with Crippen LogP contribution in [0.4, 0.5) is 18.9 Å². The molecule has 4 rings (SSSR count). The van der Waals surface area contributed by atoms with Gasteiger partial charge in [-0.1, -0.05) is 12.1 Å². The summed E-state index contributed by atoms with van der Waals surface area (Å²) in [6.07, 6.45) is -4.46. The van der Waals surface area contributed by atoms with Gasteiger partial charge in [-0.05, 0) is 30.3 Å². The van der Waals surface area contributed by atoms with E-state index in [4.69, 9.17) is 4.74 Å². The Morgan fingerprint density at radius 1 is 1.03 bits per heavy atom. The molecule has 0 aliphatic carbocycles. The fourth-order valence-corrected chi connectivity index (χ4v) is 3.91. The van der Waals surface area contributed by atoms with E-state index in [1.807, 2.05) is 29.2 Å². The van der Waals surface area contributed by atoms with Gasteiger partial charge in [-0.3, -0.25) is 9.47 Å². The number of anilines is 1. The van der Waals surface area contributed by atoms with Gasteiger partial charge in [0.05, 0.1) is 23.7 Å². The summed E-state index contributed by atoms with van der Waals surface area (Å²) in [5.41, 5.74) is 1.33. The lowest BCUT2D eigenvalue weighted by Gasteiger charge is -2.36. The number of halogens is 3.